The lowest BCUT2D eigenvalue weighted by Gasteiger charge is -2.38. The van der Waals surface area contributed by atoms with Crippen LogP contribution < -0.4 is 0 Å². The Bertz CT molecular complexity index is 416. The Labute approximate surface area is 107 Å². The Balaban J connectivity index is 2.05. The van der Waals surface area contributed by atoms with Gasteiger partial charge in [-0.25, -0.2) is 4.98 Å². The molecule has 1 aliphatic heterocycles. The number of aromatic nitrogens is 3. The van der Waals surface area contributed by atoms with Crippen LogP contribution in [0.2, 0.25) is 0 Å². The third kappa shape index (κ3) is 2.53. The summed E-state index contributed by atoms with van der Waals surface area (Å²) in [5.74, 6) is 1.00. The van der Waals surface area contributed by atoms with Crippen molar-refractivity contribution < 1.29 is 4.79 Å². The summed E-state index contributed by atoms with van der Waals surface area (Å²) in [6.45, 7) is 6.56. The average Bonchev–Trinajstić information content (AvgIpc) is 2.87. The van der Waals surface area contributed by atoms with Gasteiger partial charge in [0.05, 0.1) is 0 Å². The van der Waals surface area contributed by atoms with Gasteiger partial charge >= 0.3 is 0 Å². The number of aromatic amines is 1. The molecule has 0 radical (unpaired) electrons. The first kappa shape index (κ1) is 13.0. The second-order valence-corrected chi connectivity index (χ2v) is 4.75. The summed E-state index contributed by atoms with van der Waals surface area (Å²) >= 11 is 0. The van der Waals surface area contributed by atoms with Crippen LogP contribution in [0.4, 0.5) is 0 Å². The maximum atomic E-state index is 12.3. The van der Waals surface area contributed by atoms with Gasteiger partial charge in [-0.3, -0.25) is 14.8 Å². The molecule has 1 aromatic rings. The molecule has 0 saturated carbocycles. The van der Waals surface area contributed by atoms with Crippen molar-refractivity contribution in [3.05, 3.63) is 11.6 Å². The monoisotopic (exact) mass is 251 g/mol. The highest BCUT2D eigenvalue weighted by Crippen LogP contribution is 2.12. The maximum absolute atomic E-state index is 12.3. The molecule has 1 saturated heterocycles. The number of likely N-dealkylation sites (N-methyl/N-ethyl adjacent to an activating group) is 1. The molecule has 6 nitrogen and oxygen atoms in total. The molecule has 0 bridgehead atoms. The van der Waals surface area contributed by atoms with Crippen LogP contribution >= 0.6 is 0 Å². The van der Waals surface area contributed by atoms with Crippen molar-refractivity contribution in [3.8, 4) is 0 Å². The van der Waals surface area contributed by atoms with E-state index >= 15 is 0 Å². The first-order valence-electron chi connectivity index (χ1n) is 6.56. The molecule has 1 aliphatic rings. The molecule has 2 rings (SSSR count). The fourth-order valence-corrected chi connectivity index (χ4v) is 2.26. The number of piperazine rings is 1. The average molecular weight is 251 g/mol. The van der Waals surface area contributed by atoms with E-state index in [-0.39, 0.29) is 5.91 Å². The van der Waals surface area contributed by atoms with Crippen LogP contribution in [0.5, 0.6) is 0 Å². The van der Waals surface area contributed by atoms with Gasteiger partial charge in [0.15, 0.2) is 0 Å². The predicted molar refractivity (Wildman–Crippen MR) is 68.4 cm³/mol. The predicted octanol–water partition coefficient (Wildman–Crippen LogP) is 0.533. The number of rotatable bonds is 3. The van der Waals surface area contributed by atoms with Crippen LogP contribution in [0.25, 0.3) is 0 Å². The summed E-state index contributed by atoms with van der Waals surface area (Å²) in [7, 11) is 2.11. The molecule has 1 atom stereocenters. The number of amides is 1. The Kier molecular flexibility index (Phi) is 3.96. The zero-order valence-corrected chi connectivity index (χ0v) is 11.3. The number of nitrogens with zero attached hydrogens (tertiary/aromatic N) is 4. The van der Waals surface area contributed by atoms with Crippen molar-refractivity contribution >= 4 is 5.91 Å². The van der Waals surface area contributed by atoms with Gasteiger partial charge in [-0.1, -0.05) is 13.8 Å². The second-order valence-electron chi connectivity index (χ2n) is 4.75. The Morgan fingerprint density at radius 3 is 2.83 bits per heavy atom. The summed E-state index contributed by atoms with van der Waals surface area (Å²) < 4.78 is 0. The van der Waals surface area contributed by atoms with Crippen molar-refractivity contribution in [3.63, 3.8) is 0 Å². The molecular weight excluding hydrogens is 230 g/mol. The van der Waals surface area contributed by atoms with Gasteiger partial charge in [0.2, 0.25) is 5.82 Å². The fraction of sp³-hybridized carbons (Fsp3) is 0.750. The molecule has 0 aromatic carbocycles. The van der Waals surface area contributed by atoms with E-state index in [2.05, 4.69) is 34.1 Å². The molecular formula is C12H21N5O. The Hall–Kier alpha value is -1.43. The standard InChI is InChI=1S/C12H21N5O/c1-4-9-8-17(7-6-16(9)3)12(18)11-13-10(5-2)14-15-11/h9H,4-8H2,1-3H3,(H,13,14,15). The minimum Gasteiger partial charge on any atom is -0.333 e. The topological polar surface area (TPSA) is 65.1 Å². The summed E-state index contributed by atoms with van der Waals surface area (Å²) in [5.41, 5.74) is 0. The first-order chi connectivity index (χ1) is 8.65. The molecule has 1 unspecified atom stereocenters. The van der Waals surface area contributed by atoms with Gasteiger partial charge in [0, 0.05) is 32.1 Å². The largest absolute Gasteiger partial charge is 0.333 e. The number of carbonyl (C=O) groups excluding carboxylic acids is 1. The number of nitrogens with one attached hydrogen (secondary N) is 1. The van der Waals surface area contributed by atoms with Gasteiger partial charge < -0.3 is 4.90 Å². The molecule has 2 heterocycles. The minimum absolute atomic E-state index is 0.0579. The van der Waals surface area contributed by atoms with E-state index in [0.29, 0.717) is 11.9 Å². The molecule has 18 heavy (non-hydrogen) atoms. The zero-order chi connectivity index (χ0) is 13.1. The molecule has 0 spiro atoms. The summed E-state index contributed by atoms with van der Waals surface area (Å²) in [5, 5.41) is 6.78. The summed E-state index contributed by atoms with van der Waals surface area (Å²) in [6, 6.07) is 0.437. The van der Waals surface area contributed by atoms with Crippen molar-refractivity contribution in [1.29, 1.82) is 0 Å². The van der Waals surface area contributed by atoms with E-state index in [1.807, 2.05) is 11.8 Å². The van der Waals surface area contributed by atoms with E-state index in [4.69, 9.17) is 0 Å². The quantitative estimate of drug-likeness (QED) is 0.851. The Morgan fingerprint density at radius 2 is 2.22 bits per heavy atom. The van der Waals surface area contributed by atoms with Crippen LogP contribution in [-0.2, 0) is 6.42 Å². The summed E-state index contributed by atoms with van der Waals surface area (Å²) in [4.78, 5) is 20.6. The van der Waals surface area contributed by atoms with E-state index in [0.717, 1.165) is 38.3 Å². The summed E-state index contributed by atoms with van der Waals surface area (Å²) in [6.07, 6.45) is 1.81. The van der Waals surface area contributed by atoms with E-state index in [1.165, 1.54) is 0 Å². The van der Waals surface area contributed by atoms with E-state index in [1.54, 1.807) is 0 Å². The molecule has 0 aliphatic carbocycles. The van der Waals surface area contributed by atoms with Gasteiger partial charge in [0.1, 0.15) is 5.82 Å². The van der Waals surface area contributed by atoms with E-state index in [9.17, 15) is 4.79 Å². The van der Waals surface area contributed by atoms with Crippen LogP contribution in [0.1, 0.15) is 36.7 Å². The highest BCUT2D eigenvalue weighted by atomic mass is 16.2. The van der Waals surface area contributed by atoms with Crippen LogP contribution in [-0.4, -0.2) is 63.6 Å². The van der Waals surface area contributed by atoms with Crippen molar-refractivity contribution in [2.24, 2.45) is 0 Å². The molecule has 6 heteroatoms. The molecule has 1 N–H and O–H groups in total. The SMILES string of the molecule is CCc1nc(C(=O)N2CCN(C)C(CC)C2)n[nH]1. The lowest BCUT2D eigenvalue weighted by molar-refractivity contribution is 0.0531. The number of H-pyrrole nitrogens is 1. The third-order valence-corrected chi connectivity index (χ3v) is 3.59. The maximum Gasteiger partial charge on any atom is 0.293 e. The molecule has 1 aromatic heterocycles. The van der Waals surface area contributed by atoms with Crippen LogP contribution in [0.15, 0.2) is 0 Å². The minimum atomic E-state index is -0.0579. The lowest BCUT2D eigenvalue weighted by Crippen LogP contribution is -2.53. The second kappa shape index (κ2) is 5.48. The highest BCUT2D eigenvalue weighted by molar-refractivity contribution is 5.90. The van der Waals surface area contributed by atoms with Gasteiger partial charge in [-0.05, 0) is 13.5 Å². The number of hydrogen-bond acceptors (Lipinski definition) is 4. The molecule has 100 valence electrons. The molecule has 1 amide bonds. The number of aryl methyl sites for hydroxylation is 1. The van der Waals surface area contributed by atoms with Gasteiger partial charge in [-0.15, -0.1) is 5.10 Å². The molecule has 1 fully saturated rings. The van der Waals surface area contributed by atoms with Crippen molar-refractivity contribution in [2.75, 3.05) is 26.7 Å². The highest BCUT2D eigenvalue weighted by Gasteiger charge is 2.28. The number of hydrogen-bond donors (Lipinski definition) is 1. The van der Waals surface area contributed by atoms with Crippen molar-refractivity contribution in [2.45, 2.75) is 32.7 Å². The fourth-order valence-electron chi connectivity index (χ4n) is 2.26. The first-order valence-corrected chi connectivity index (χ1v) is 6.56. The van der Waals surface area contributed by atoms with Gasteiger partial charge in [-0.2, -0.15) is 0 Å². The lowest BCUT2D eigenvalue weighted by atomic mass is 10.1. The van der Waals surface area contributed by atoms with E-state index < -0.39 is 0 Å². The normalized spacial score (nSPS) is 21.3. The smallest absolute Gasteiger partial charge is 0.293 e. The van der Waals surface area contributed by atoms with Crippen LogP contribution in [0.3, 0.4) is 0 Å². The van der Waals surface area contributed by atoms with Crippen molar-refractivity contribution in [1.82, 2.24) is 25.0 Å². The number of carbonyl (C=O) groups is 1. The Morgan fingerprint density at radius 1 is 1.44 bits per heavy atom. The van der Waals surface area contributed by atoms with Gasteiger partial charge in [0.25, 0.3) is 5.91 Å². The van der Waals surface area contributed by atoms with Crippen LogP contribution in [0, 0.1) is 0 Å². The zero-order valence-electron chi connectivity index (χ0n) is 11.3. The third-order valence-electron chi connectivity index (χ3n) is 3.59.